The van der Waals surface area contributed by atoms with Crippen molar-refractivity contribution in [3.8, 4) is 0 Å². The van der Waals surface area contributed by atoms with E-state index in [1.165, 1.54) is 42.7 Å². The lowest BCUT2D eigenvalue weighted by Gasteiger charge is -2.18. The molecule has 0 aliphatic carbocycles. The highest BCUT2D eigenvalue weighted by atomic mass is 32.2. The van der Waals surface area contributed by atoms with Gasteiger partial charge in [-0.25, -0.2) is 27.9 Å². The van der Waals surface area contributed by atoms with Gasteiger partial charge in [0.05, 0.1) is 27.4 Å². The molecule has 0 bridgehead atoms. The molecule has 12 nitrogen and oxygen atoms in total. The van der Waals surface area contributed by atoms with E-state index in [0.29, 0.717) is 10.6 Å². The number of hydrogen-bond donors (Lipinski definition) is 3. The predicted octanol–water partition coefficient (Wildman–Crippen LogP) is 3.98. The number of carbonyl (C=O) groups excluding carboxylic acids is 2. The van der Waals surface area contributed by atoms with Crippen LogP contribution in [0.3, 0.4) is 0 Å². The summed E-state index contributed by atoms with van der Waals surface area (Å²) in [4.78, 5) is 36.5. The number of oxime groups is 1. The van der Waals surface area contributed by atoms with E-state index in [0.717, 1.165) is 22.2 Å². The maximum atomic E-state index is 13.6. The number of carbonyl (C=O) groups is 2. The van der Waals surface area contributed by atoms with Gasteiger partial charge in [0.25, 0.3) is 5.91 Å². The summed E-state index contributed by atoms with van der Waals surface area (Å²) in [5.74, 6) is -1.20. The van der Waals surface area contributed by atoms with Crippen LogP contribution in [-0.4, -0.2) is 36.1 Å². The quantitative estimate of drug-likeness (QED) is 0.0920. The third-order valence-electron chi connectivity index (χ3n) is 5.90. The minimum Gasteiger partial charge on any atom is -0.438 e. The average Bonchev–Trinajstić information content (AvgIpc) is 3.67. The van der Waals surface area contributed by atoms with Gasteiger partial charge in [-0.2, -0.15) is 0 Å². The van der Waals surface area contributed by atoms with E-state index in [2.05, 4.69) is 25.0 Å². The van der Waals surface area contributed by atoms with Crippen molar-refractivity contribution in [2.24, 2.45) is 10.9 Å². The summed E-state index contributed by atoms with van der Waals surface area (Å²) >= 11 is 1.38. The Kier molecular flexibility index (Phi) is 8.38. The summed E-state index contributed by atoms with van der Waals surface area (Å²) < 4.78 is 36.0. The molecule has 14 heteroatoms. The van der Waals surface area contributed by atoms with Crippen LogP contribution in [0.2, 0.25) is 0 Å². The molecule has 42 heavy (non-hydrogen) atoms. The third-order valence-corrected chi connectivity index (χ3v) is 8.52. The van der Waals surface area contributed by atoms with Crippen LogP contribution in [-0.2, 0) is 26.1 Å². The number of nitrogens with zero attached hydrogens (tertiary/aromatic N) is 3. The molecule has 1 atom stereocenters. The Morgan fingerprint density at radius 3 is 2.67 bits per heavy atom. The maximum absolute atomic E-state index is 13.6. The molecule has 1 unspecified atom stereocenters. The zero-order valence-electron chi connectivity index (χ0n) is 22.1. The highest BCUT2D eigenvalue weighted by Gasteiger charge is 2.25. The van der Waals surface area contributed by atoms with Gasteiger partial charge in [0.2, 0.25) is 15.8 Å². The zero-order chi connectivity index (χ0) is 29.7. The predicted molar refractivity (Wildman–Crippen MR) is 156 cm³/mol. The zero-order valence-corrected chi connectivity index (χ0v) is 23.7. The Labute approximate surface area is 244 Å². The monoisotopic (exact) mass is 604 g/mol. The van der Waals surface area contributed by atoms with Crippen LogP contribution < -0.4 is 15.8 Å². The summed E-state index contributed by atoms with van der Waals surface area (Å²) in [6, 6.07) is 19.6. The number of benzene rings is 3. The maximum Gasteiger partial charge on any atom is 0.332 e. The van der Waals surface area contributed by atoms with Gasteiger partial charge in [-0.15, -0.1) is 11.3 Å². The second-order valence-corrected chi connectivity index (χ2v) is 11.8. The number of rotatable bonds is 10. The van der Waals surface area contributed by atoms with Crippen molar-refractivity contribution in [1.82, 2.24) is 14.7 Å². The molecule has 0 saturated heterocycles. The fraction of sp³-hybridized carbons (Fsp3) is 0.107. The number of hydrogen-bond acceptors (Lipinski definition) is 10. The molecule has 4 N–H and O–H groups in total. The van der Waals surface area contributed by atoms with Gasteiger partial charge in [0, 0.05) is 18.2 Å². The first-order valence-corrected chi connectivity index (χ1v) is 14.8. The molecule has 5 rings (SSSR count). The number of amides is 1. The molecule has 0 aliphatic heterocycles. The summed E-state index contributed by atoms with van der Waals surface area (Å²) in [6.07, 6.45) is 2.60. The third kappa shape index (κ3) is 6.86. The van der Waals surface area contributed by atoms with Gasteiger partial charge in [-0.3, -0.25) is 4.79 Å². The fourth-order valence-corrected chi connectivity index (χ4v) is 6.33. The van der Waals surface area contributed by atoms with Gasteiger partial charge in [0.1, 0.15) is 5.01 Å². The van der Waals surface area contributed by atoms with Crippen molar-refractivity contribution in [3.05, 3.63) is 107 Å². The molecule has 0 saturated carbocycles. The van der Waals surface area contributed by atoms with Crippen LogP contribution in [0.15, 0.2) is 99.9 Å². The van der Waals surface area contributed by atoms with Crippen molar-refractivity contribution < 1.29 is 27.3 Å². The molecule has 1 amide bonds. The molecular weight excluding hydrogens is 580 g/mol. The summed E-state index contributed by atoms with van der Waals surface area (Å²) in [5, 5.41) is 6.79. The molecule has 5 aromatic rings. The SMILES string of the molecule is CC(=O)ON=C(N)c1cccc(CC(NS(=O)(=O)c2cccc(NC(=O)c3cnco3)c2)c2nc3ccccc3s2)c1. The van der Waals surface area contributed by atoms with E-state index in [9.17, 15) is 18.0 Å². The van der Waals surface area contributed by atoms with Gasteiger partial charge in [-0.05, 0) is 48.4 Å². The van der Waals surface area contributed by atoms with Crippen LogP contribution in [0, 0.1) is 0 Å². The Morgan fingerprint density at radius 2 is 1.90 bits per heavy atom. The number of para-hydroxylation sites is 1. The molecule has 2 aromatic heterocycles. The molecule has 214 valence electrons. The Morgan fingerprint density at radius 1 is 1.10 bits per heavy atom. The number of amidine groups is 1. The van der Waals surface area contributed by atoms with Gasteiger partial charge < -0.3 is 20.3 Å². The first kappa shape index (κ1) is 28.6. The van der Waals surface area contributed by atoms with Crippen LogP contribution in [0.5, 0.6) is 0 Å². The van der Waals surface area contributed by atoms with Gasteiger partial charge in [-0.1, -0.05) is 41.6 Å². The molecule has 0 radical (unpaired) electrons. The standard InChI is InChI=1S/C28H24N6O6S2/c1-17(35)40-33-26(29)19-7-4-6-18(12-19)13-23(28-32-22-10-2-3-11-25(22)41-28)34-42(37,38)21-9-5-8-20(14-21)31-27(36)24-15-30-16-39-24/h2-12,14-16,23,34H,13H2,1H3,(H2,29,33)(H,31,36). The van der Waals surface area contributed by atoms with Crippen molar-refractivity contribution in [1.29, 1.82) is 0 Å². The highest BCUT2D eigenvalue weighted by Crippen LogP contribution is 2.30. The Balaban J connectivity index is 1.44. The van der Waals surface area contributed by atoms with Crippen molar-refractivity contribution in [2.45, 2.75) is 24.3 Å². The second kappa shape index (κ2) is 12.3. The minimum absolute atomic E-state index is 0.00615. The number of anilines is 1. The molecule has 0 fully saturated rings. The van der Waals surface area contributed by atoms with Crippen LogP contribution in [0.4, 0.5) is 5.69 Å². The topological polar surface area (TPSA) is 179 Å². The number of sulfonamides is 1. The van der Waals surface area contributed by atoms with Gasteiger partial charge >= 0.3 is 5.97 Å². The summed E-state index contributed by atoms with van der Waals surface area (Å²) in [7, 11) is -4.10. The first-order valence-electron chi connectivity index (χ1n) is 12.5. The van der Waals surface area contributed by atoms with E-state index in [4.69, 9.17) is 15.1 Å². The molecule has 3 aromatic carbocycles. The lowest BCUT2D eigenvalue weighted by atomic mass is 10.0. The van der Waals surface area contributed by atoms with E-state index >= 15 is 0 Å². The first-order chi connectivity index (χ1) is 20.2. The fourth-order valence-electron chi connectivity index (χ4n) is 3.99. The number of nitrogens with two attached hydrogens (primary N) is 1. The molecule has 0 spiro atoms. The van der Waals surface area contributed by atoms with E-state index < -0.39 is 27.9 Å². The number of aromatic nitrogens is 2. The van der Waals surface area contributed by atoms with Crippen molar-refractivity contribution in [3.63, 3.8) is 0 Å². The summed E-state index contributed by atoms with van der Waals surface area (Å²) in [6.45, 7) is 1.21. The Bertz CT molecular complexity index is 1850. The lowest BCUT2D eigenvalue weighted by molar-refractivity contribution is -0.140. The van der Waals surface area contributed by atoms with E-state index in [1.807, 2.05) is 30.3 Å². The number of fused-ring (bicyclic) bond motifs is 1. The molecular formula is C28H24N6O6S2. The molecule has 2 heterocycles. The lowest BCUT2D eigenvalue weighted by Crippen LogP contribution is -2.30. The largest absolute Gasteiger partial charge is 0.438 e. The smallest absolute Gasteiger partial charge is 0.332 e. The number of thiazole rings is 1. The van der Waals surface area contributed by atoms with Crippen molar-refractivity contribution in [2.75, 3.05) is 5.32 Å². The normalized spacial score (nSPS) is 12.6. The van der Waals surface area contributed by atoms with Crippen LogP contribution >= 0.6 is 11.3 Å². The number of oxazole rings is 1. The average molecular weight is 605 g/mol. The number of nitrogens with one attached hydrogen (secondary N) is 2. The van der Waals surface area contributed by atoms with Crippen molar-refractivity contribution >= 4 is 55.0 Å². The van der Waals surface area contributed by atoms with Crippen LogP contribution in [0.1, 0.15) is 39.7 Å². The van der Waals surface area contributed by atoms with Crippen LogP contribution in [0.25, 0.3) is 10.2 Å². The molecule has 0 aliphatic rings. The highest BCUT2D eigenvalue weighted by molar-refractivity contribution is 7.89. The Hall–Kier alpha value is -4.92. The second-order valence-electron chi connectivity index (χ2n) is 9.01. The van der Waals surface area contributed by atoms with E-state index in [-0.39, 0.29) is 28.6 Å². The van der Waals surface area contributed by atoms with E-state index in [1.54, 1.807) is 24.3 Å². The summed E-state index contributed by atoms with van der Waals surface area (Å²) in [5.41, 5.74) is 8.20. The minimum atomic E-state index is -4.10. The van der Waals surface area contributed by atoms with Gasteiger partial charge in [0.15, 0.2) is 12.2 Å².